The van der Waals surface area contributed by atoms with Crippen LogP contribution in [0.3, 0.4) is 0 Å². The Hall–Kier alpha value is -1.99. The van der Waals surface area contributed by atoms with Gasteiger partial charge in [0.15, 0.2) is 5.17 Å². The highest BCUT2D eigenvalue weighted by atomic mass is 32.2. The first-order chi connectivity index (χ1) is 16.7. The molecule has 0 unspecified atom stereocenters. The molecular formula is C27H37N3O3S. The summed E-state index contributed by atoms with van der Waals surface area (Å²) in [7, 11) is 1.70. The number of hydrogen-bond donors (Lipinski definition) is 0. The highest BCUT2D eigenvalue weighted by Crippen LogP contribution is 2.39. The fourth-order valence-corrected chi connectivity index (χ4v) is 6.68. The number of aliphatic imine (C=N–C) groups is 1. The number of amides is 1. The predicted molar refractivity (Wildman–Crippen MR) is 140 cm³/mol. The van der Waals surface area contributed by atoms with Gasteiger partial charge in [-0.3, -0.25) is 14.7 Å². The minimum atomic E-state index is 0.116. The van der Waals surface area contributed by atoms with Crippen molar-refractivity contribution in [2.45, 2.75) is 76.3 Å². The van der Waals surface area contributed by atoms with Gasteiger partial charge in [0, 0.05) is 36.4 Å². The zero-order chi connectivity index (χ0) is 23.3. The number of hydrogen-bond acceptors (Lipinski definition) is 6. The molecule has 1 amide bonds. The molecule has 0 spiro atoms. The smallest absolute Gasteiger partial charge is 0.267 e. The third-order valence-corrected chi connectivity index (χ3v) is 8.52. The van der Waals surface area contributed by atoms with Crippen molar-refractivity contribution < 1.29 is 14.3 Å². The Kier molecular flexibility index (Phi) is 7.80. The Morgan fingerprint density at radius 2 is 1.74 bits per heavy atom. The van der Waals surface area contributed by atoms with E-state index in [1.54, 1.807) is 18.9 Å². The van der Waals surface area contributed by atoms with Crippen molar-refractivity contribution in [3.05, 3.63) is 28.7 Å². The van der Waals surface area contributed by atoms with Gasteiger partial charge in [-0.2, -0.15) is 0 Å². The van der Waals surface area contributed by atoms with Crippen molar-refractivity contribution in [3.63, 3.8) is 0 Å². The second kappa shape index (κ2) is 11.2. The Morgan fingerprint density at radius 3 is 2.44 bits per heavy atom. The topological polar surface area (TPSA) is 54.4 Å². The van der Waals surface area contributed by atoms with Gasteiger partial charge in [0.1, 0.15) is 5.75 Å². The summed E-state index contributed by atoms with van der Waals surface area (Å²) in [6.07, 6.45) is 13.9. The van der Waals surface area contributed by atoms with Crippen LogP contribution in [0.4, 0.5) is 5.69 Å². The lowest BCUT2D eigenvalue weighted by Crippen LogP contribution is -2.41. The first-order valence-corrected chi connectivity index (χ1v) is 13.9. The number of thioether (sulfide) groups is 1. The van der Waals surface area contributed by atoms with Crippen LogP contribution >= 0.6 is 11.8 Å². The van der Waals surface area contributed by atoms with Gasteiger partial charge >= 0.3 is 0 Å². The molecule has 184 valence electrons. The number of rotatable bonds is 5. The van der Waals surface area contributed by atoms with Crippen LogP contribution in [-0.4, -0.2) is 61.5 Å². The van der Waals surface area contributed by atoms with E-state index < -0.39 is 0 Å². The molecule has 2 heterocycles. The SMILES string of the molecule is COc1cc(N2CCOCC2)ccc1/C=C1\SC(=NC2CCCCC2)N(C2CCCCC2)C1=O. The molecule has 4 fully saturated rings. The molecule has 0 bridgehead atoms. The molecular weight excluding hydrogens is 446 g/mol. The normalized spacial score (nSPS) is 25.5. The largest absolute Gasteiger partial charge is 0.496 e. The highest BCUT2D eigenvalue weighted by molar-refractivity contribution is 8.18. The lowest BCUT2D eigenvalue weighted by atomic mass is 9.94. The van der Waals surface area contributed by atoms with Crippen LogP contribution in [0.15, 0.2) is 28.1 Å². The number of carbonyl (C=O) groups excluding carboxylic acids is 1. The van der Waals surface area contributed by atoms with E-state index in [0.29, 0.717) is 6.04 Å². The summed E-state index contributed by atoms with van der Waals surface area (Å²) in [5.74, 6) is 0.914. The minimum Gasteiger partial charge on any atom is -0.496 e. The minimum absolute atomic E-state index is 0.116. The number of benzene rings is 1. The molecule has 2 aliphatic heterocycles. The second-order valence-corrected chi connectivity index (χ2v) is 10.8. The number of nitrogens with zero attached hydrogens (tertiary/aromatic N) is 3. The molecule has 0 aromatic heterocycles. The Labute approximate surface area is 207 Å². The first kappa shape index (κ1) is 23.7. The number of methoxy groups -OCH3 is 1. The average molecular weight is 484 g/mol. The summed E-state index contributed by atoms with van der Waals surface area (Å²) in [4.78, 5) is 23.9. The quantitative estimate of drug-likeness (QED) is 0.520. The van der Waals surface area contributed by atoms with Crippen molar-refractivity contribution in [1.82, 2.24) is 4.90 Å². The third kappa shape index (κ3) is 5.30. The average Bonchev–Trinajstić information content (AvgIpc) is 3.20. The molecule has 0 radical (unpaired) electrons. The van der Waals surface area contributed by atoms with E-state index >= 15 is 0 Å². The van der Waals surface area contributed by atoms with Gasteiger partial charge in [0.05, 0.1) is 31.3 Å². The van der Waals surface area contributed by atoms with Crippen LogP contribution in [-0.2, 0) is 9.53 Å². The zero-order valence-corrected chi connectivity index (χ0v) is 21.2. The van der Waals surface area contributed by atoms with Gasteiger partial charge in [-0.15, -0.1) is 0 Å². The Balaban J connectivity index is 1.42. The van der Waals surface area contributed by atoms with Crippen LogP contribution in [0.1, 0.15) is 69.8 Å². The van der Waals surface area contributed by atoms with Crippen molar-refractivity contribution in [2.75, 3.05) is 38.3 Å². The van der Waals surface area contributed by atoms with Crippen molar-refractivity contribution in [1.29, 1.82) is 0 Å². The molecule has 2 saturated heterocycles. The second-order valence-electron chi connectivity index (χ2n) is 9.81. The summed E-state index contributed by atoms with van der Waals surface area (Å²) >= 11 is 1.57. The van der Waals surface area contributed by atoms with E-state index in [4.69, 9.17) is 14.5 Å². The fraction of sp³-hybridized carbons (Fsp3) is 0.630. The van der Waals surface area contributed by atoms with Gasteiger partial charge in [-0.05, 0) is 55.7 Å². The highest BCUT2D eigenvalue weighted by Gasteiger charge is 2.39. The molecule has 0 atom stereocenters. The molecule has 5 rings (SSSR count). The van der Waals surface area contributed by atoms with Gasteiger partial charge in [0.25, 0.3) is 5.91 Å². The predicted octanol–water partition coefficient (Wildman–Crippen LogP) is 5.47. The van der Waals surface area contributed by atoms with Gasteiger partial charge in [-0.25, -0.2) is 0 Å². The lowest BCUT2D eigenvalue weighted by molar-refractivity contribution is -0.124. The summed E-state index contributed by atoms with van der Waals surface area (Å²) in [5, 5.41) is 0.930. The Morgan fingerprint density at radius 1 is 1.03 bits per heavy atom. The van der Waals surface area contributed by atoms with Crippen molar-refractivity contribution in [3.8, 4) is 5.75 Å². The summed E-state index contributed by atoms with van der Waals surface area (Å²) in [6.45, 7) is 3.27. The standard InChI is InChI=1S/C27H37N3O3S/c1-32-24-19-23(29-14-16-33-17-15-29)13-12-20(24)18-25-26(31)30(22-10-6-3-7-11-22)27(34-25)28-21-8-4-2-5-9-21/h12-13,18-19,21-22H,2-11,14-17H2,1H3/b25-18-,28-27?. The molecule has 6 nitrogen and oxygen atoms in total. The summed E-state index contributed by atoms with van der Waals surface area (Å²) < 4.78 is 11.2. The van der Waals surface area contributed by atoms with Crippen LogP contribution in [0.5, 0.6) is 5.75 Å². The number of anilines is 1. The lowest BCUT2D eigenvalue weighted by Gasteiger charge is -2.31. The van der Waals surface area contributed by atoms with Crippen LogP contribution < -0.4 is 9.64 Å². The van der Waals surface area contributed by atoms with Gasteiger partial charge in [0.2, 0.25) is 0 Å². The Bertz CT molecular complexity index is 929. The van der Waals surface area contributed by atoms with E-state index in [9.17, 15) is 4.79 Å². The molecule has 1 aromatic carbocycles. The summed E-state index contributed by atoms with van der Waals surface area (Å²) in [6, 6.07) is 6.92. The first-order valence-electron chi connectivity index (χ1n) is 13.0. The maximum Gasteiger partial charge on any atom is 0.267 e. The van der Waals surface area contributed by atoms with E-state index in [2.05, 4.69) is 23.1 Å². The number of morpholine rings is 1. The fourth-order valence-electron chi connectivity index (χ4n) is 5.58. The summed E-state index contributed by atoms with van der Waals surface area (Å²) in [5.41, 5.74) is 2.08. The van der Waals surface area contributed by atoms with E-state index in [1.807, 2.05) is 11.0 Å². The molecule has 2 aliphatic carbocycles. The van der Waals surface area contributed by atoms with E-state index in [-0.39, 0.29) is 11.9 Å². The monoisotopic (exact) mass is 483 g/mol. The molecule has 0 N–H and O–H groups in total. The molecule has 34 heavy (non-hydrogen) atoms. The maximum absolute atomic E-state index is 13.7. The molecule has 4 aliphatic rings. The van der Waals surface area contributed by atoms with Crippen LogP contribution in [0, 0.1) is 0 Å². The van der Waals surface area contributed by atoms with Gasteiger partial charge < -0.3 is 14.4 Å². The van der Waals surface area contributed by atoms with Crippen LogP contribution in [0.2, 0.25) is 0 Å². The third-order valence-electron chi connectivity index (χ3n) is 7.52. The molecule has 2 saturated carbocycles. The number of ether oxygens (including phenoxy) is 2. The van der Waals surface area contributed by atoms with Crippen molar-refractivity contribution >= 4 is 34.6 Å². The molecule has 7 heteroatoms. The van der Waals surface area contributed by atoms with Crippen molar-refractivity contribution in [2.24, 2.45) is 4.99 Å². The number of amidine groups is 1. The molecule has 1 aromatic rings. The zero-order valence-electron chi connectivity index (χ0n) is 20.3. The van der Waals surface area contributed by atoms with E-state index in [1.165, 1.54) is 38.5 Å². The number of carbonyl (C=O) groups is 1. The van der Waals surface area contributed by atoms with Crippen LogP contribution in [0.25, 0.3) is 6.08 Å². The van der Waals surface area contributed by atoms with Gasteiger partial charge in [-0.1, -0.05) is 38.5 Å². The maximum atomic E-state index is 13.7. The van der Waals surface area contributed by atoms with E-state index in [0.717, 1.165) is 79.1 Å².